The Balaban J connectivity index is 1.85. The van der Waals surface area contributed by atoms with Gasteiger partial charge in [0.2, 0.25) is 11.7 Å². The molecule has 5 nitrogen and oxygen atoms in total. The van der Waals surface area contributed by atoms with Crippen LogP contribution < -0.4 is 0 Å². The molecule has 0 aliphatic rings. The topological polar surface area (TPSA) is 59.2 Å². The van der Waals surface area contributed by atoms with Gasteiger partial charge in [0.05, 0.1) is 0 Å². The molecule has 1 aromatic heterocycles. The van der Waals surface area contributed by atoms with E-state index in [0.29, 0.717) is 17.3 Å². The number of aromatic nitrogens is 2. The molecule has 0 aliphatic carbocycles. The maximum Gasteiger partial charge on any atom is 0.254 e. The second kappa shape index (κ2) is 7.74. The summed E-state index contributed by atoms with van der Waals surface area (Å²) in [5, 5.41) is 4.08. The molecule has 0 radical (unpaired) electrons. The fourth-order valence-corrected chi connectivity index (χ4v) is 2.98. The van der Waals surface area contributed by atoms with Crippen molar-refractivity contribution in [2.45, 2.75) is 47.2 Å². The van der Waals surface area contributed by atoms with Gasteiger partial charge in [0.25, 0.3) is 5.91 Å². The Hall–Kier alpha value is -2.95. The smallest absolute Gasteiger partial charge is 0.254 e. The lowest BCUT2D eigenvalue weighted by atomic mass is 10.0. The van der Waals surface area contributed by atoms with E-state index in [9.17, 15) is 4.79 Å². The van der Waals surface area contributed by atoms with Gasteiger partial charge in [-0.05, 0) is 52.3 Å². The zero-order chi connectivity index (χ0) is 19.6. The molecule has 0 saturated carbocycles. The highest BCUT2D eigenvalue weighted by atomic mass is 16.5. The summed E-state index contributed by atoms with van der Waals surface area (Å²) in [5.74, 6) is 0.942. The lowest BCUT2D eigenvalue weighted by molar-refractivity contribution is 0.0666. The van der Waals surface area contributed by atoms with Crippen LogP contribution in [-0.2, 0) is 6.54 Å². The first-order valence-corrected chi connectivity index (χ1v) is 9.13. The van der Waals surface area contributed by atoms with E-state index in [4.69, 9.17) is 4.52 Å². The third-order valence-corrected chi connectivity index (χ3v) is 4.56. The molecule has 0 saturated heterocycles. The van der Waals surface area contributed by atoms with Gasteiger partial charge in [-0.15, -0.1) is 0 Å². The van der Waals surface area contributed by atoms with Gasteiger partial charge in [0.15, 0.2) is 0 Å². The van der Waals surface area contributed by atoms with Crippen molar-refractivity contribution in [1.82, 2.24) is 15.0 Å². The number of carbonyl (C=O) groups is 1. The molecule has 140 valence electrons. The normalized spacial score (nSPS) is 11.0. The first-order valence-electron chi connectivity index (χ1n) is 9.13. The molecule has 0 bridgehead atoms. The van der Waals surface area contributed by atoms with Gasteiger partial charge in [-0.2, -0.15) is 4.98 Å². The Labute approximate surface area is 160 Å². The molecule has 0 N–H and O–H groups in total. The predicted molar refractivity (Wildman–Crippen MR) is 105 cm³/mol. The third kappa shape index (κ3) is 4.25. The quantitative estimate of drug-likeness (QED) is 0.658. The van der Waals surface area contributed by atoms with Crippen molar-refractivity contribution in [3.8, 4) is 11.4 Å². The molecule has 2 aromatic carbocycles. The van der Waals surface area contributed by atoms with Crippen LogP contribution in [0.1, 0.15) is 46.8 Å². The molecule has 0 unspecified atom stereocenters. The van der Waals surface area contributed by atoms with E-state index in [0.717, 1.165) is 22.3 Å². The van der Waals surface area contributed by atoms with E-state index in [1.54, 1.807) is 4.90 Å². The number of rotatable bonds is 5. The molecular formula is C22H25N3O2. The Kier molecular flexibility index (Phi) is 5.40. The van der Waals surface area contributed by atoms with Crippen molar-refractivity contribution in [2.75, 3.05) is 0 Å². The highest BCUT2D eigenvalue weighted by molar-refractivity contribution is 5.96. The zero-order valence-corrected chi connectivity index (χ0v) is 16.5. The molecule has 0 aliphatic heterocycles. The minimum absolute atomic E-state index is 0.00623. The highest BCUT2D eigenvalue weighted by Gasteiger charge is 2.23. The third-order valence-electron chi connectivity index (χ3n) is 4.56. The van der Waals surface area contributed by atoms with E-state index >= 15 is 0 Å². The van der Waals surface area contributed by atoms with Gasteiger partial charge in [-0.3, -0.25) is 4.79 Å². The second-order valence-electron chi connectivity index (χ2n) is 7.23. The van der Waals surface area contributed by atoms with Crippen LogP contribution in [-0.4, -0.2) is 27.0 Å². The minimum Gasteiger partial charge on any atom is -0.337 e. The SMILES string of the molecule is Cc1cccc(-c2noc(CN(C(=O)c3cc(C)ccc3C)C(C)C)n2)c1. The van der Waals surface area contributed by atoms with Crippen molar-refractivity contribution < 1.29 is 9.32 Å². The molecule has 3 rings (SSSR count). The van der Waals surface area contributed by atoms with Crippen LogP contribution in [0.2, 0.25) is 0 Å². The van der Waals surface area contributed by atoms with Gasteiger partial charge in [-0.25, -0.2) is 0 Å². The molecule has 0 spiro atoms. The Morgan fingerprint density at radius 1 is 1.07 bits per heavy atom. The lowest BCUT2D eigenvalue weighted by Gasteiger charge is -2.26. The second-order valence-corrected chi connectivity index (χ2v) is 7.23. The number of aryl methyl sites for hydroxylation is 3. The molecule has 27 heavy (non-hydrogen) atoms. The minimum atomic E-state index is -0.0264. The number of hydrogen-bond donors (Lipinski definition) is 0. The van der Waals surface area contributed by atoms with Gasteiger partial charge >= 0.3 is 0 Å². The predicted octanol–water partition coefficient (Wildman–Crippen LogP) is 4.71. The highest BCUT2D eigenvalue weighted by Crippen LogP contribution is 2.20. The Morgan fingerprint density at radius 3 is 2.52 bits per heavy atom. The maximum absolute atomic E-state index is 13.1. The van der Waals surface area contributed by atoms with Crippen molar-refractivity contribution in [3.63, 3.8) is 0 Å². The van der Waals surface area contributed by atoms with Gasteiger partial charge < -0.3 is 9.42 Å². The monoisotopic (exact) mass is 363 g/mol. The molecule has 0 atom stereocenters. The molecule has 1 heterocycles. The summed E-state index contributed by atoms with van der Waals surface area (Å²) in [6.45, 7) is 10.2. The van der Waals surface area contributed by atoms with Crippen molar-refractivity contribution in [1.29, 1.82) is 0 Å². The van der Waals surface area contributed by atoms with Crippen molar-refractivity contribution in [2.24, 2.45) is 0 Å². The Morgan fingerprint density at radius 2 is 1.81 bits per heavy atom. The van der Waals surface area contributed by atoms with Gasteiger partial charge in [-0.1, -0.05) is 46.6 Å². The summed E-state index contributed by atoms with van der Waals surface area (Å²) in [7, 11) is 0. The molecule has 3 aromatic rings. The summed E-state index contributed by atoms with van der Waals surface area (Å²) in [6.07, 6.45) is 0. The summed E-state index contributed by atoms with van der Waals surface area (Å²) < 4.78 is 5.42. The van der Waals surface area contributed by atoms with E-state index in [1.807, 2.05) is 77.1 Å². The average molecular weight is 363 g/mol. The van der Waals surface area contributed by atoms with Crippen LogP contribution in [0.5, 0.6) is 0 Å². The van der Waals surface area contributed by atoms with Crippen LogP contribution >= 0.6 is 0 Å². The number of amides is 1. The first kappa shape index (κ1) is 18.8. The average Bonchev–Trinajstić information content (AvgIpc) is 3.10. The van der Waals surface area contributed by atoms with Crippen molar-refractivity contribution in [3.05, 3.63) is 70.6 Å². The lowest BCUT2D eigenvalue weighted by Crippen LogP contribution is -2.37. The summed E-state index contributed by atoms with van der Waals surface area (Å²) >= 11 is 0. The number of hydrogen-bond acceptors (Lipinski definition) is 4. The summed E-state index contributed by atoms with van der Waals surface area (Å²) in [4.78, 5) is 19.4. The van der Waals surface area contributed by atoms with E-state index in [2.05, 4.69) is 10.1 Å². The molecule has 1 amide bonds. The maximum atomic E-state index is 13.1. The standard InChI is InChI=1S/C22H25N3O2/c1-14(2)25(22(26)19-12-16(4)9-10-17(19)5)13-20-23-21(24-27-20)18-8-6-7-15(3)11-18/h6-12,14H,13H2,1-5H3. The first-order chi connectivity index (χ1) is 12.8. The van der Waals surface area contributed by atoms with Gasteiger partial charge in [0.1, 0.15) is 6.54 Å². The summed E-state index contributed by atoms with van der Waals surface area (Å²) in [5.41, 5.74) is 4.77. The fraction of sp³-hybridized carbons (Fsp3) is 0.318. The van der Waals surface area contributed by atoms with Crippen LogP contribution in [0.4, 0.5) is 0 Å². The van der Waals surface area contributed by atoms with Crippen LogP contribution in [0, 0.1) is 20.8 Å². The van der Waals surface area contributed by atoms with E-state index in [-0.39, 0.29) is 18.5 Å². The van der Waals surface area contributed by atoms with Crippen LogP contribution in [0.3, 0.4) is 0 Å². The van der Waals surface area contributed by atoms with Crippen LogP contribution in [0.25, 0.3) is 11.4 Å². The Bertz CT molecular complexity index is 960. The number of benzene rings is 2. The number of carbonyl (C=O) groups excluding carboxylic acids is 1. The van der Waals surface area contributed by atoms with Crippen LogP contribution in [0.15, 0.2) is 47.0 Å². The van der Waals surface area contributed by atoms with Crippen molar-refractivity contribution >= 4 is 5.91 Å². The summed E-state index contributed by atoms with van der Waals surface area (Å²) in [6, 6.07) is 13.9. The van der Waals surface area contributed by atoms with E-state index in [1.165, 1.54) is 0 Å². The molecule has 5 heteroatoms. The fourth-order valence-electron chi connectivity index (χ4n) is 2.98. The number of nitrogens with zero attached hydrogens (tertiary/aromatic N) is 3. The van der Waals surface area contributed by atoms with E-state index < -0.39 is 0 Å². The molecule has 0 fully saturated rings. The largest absolute Gasteiger partial charge is 0.337 e. The zero-order valence-electron chi connectivity index (χ0n) is 16.5. The molecular weight excluding hydrogens is 338 g/mol. The van der Waals surface area contributed by atoms with Gasteiger partial charge in [0, 0.05) is 17.2 Å².